The van der Waals surface area contributed by atoms with Gasteiger partial charge in [0, 0.05) is 19.6 Å². The first-order valence-corrected chi connectivity index (χ1v) is 9.94. The third kappa shape index (κ3) is 10.2. The predicted molar refractivity (Wildman–Crippen MR) is 129 cm³/mol. The SMILES string of the molecule is CCNC(=O)C(C)(C)CN=C(NCC)NCC(O)c1ccc(OC(C)C)cc1.I. The average molecular weight is 520 g/mol. The molecule has 0 saturated heterocycles. The van der Waals surface area contributed by atoms with Gasteiger partial charge in [0.2, 0.25) is 5.91 Å². The van der Waals surface area contributed by atoms with Crippen LogP contribution in [0.1, 0.15) is 53.2 Å². The Morgan fingerprint density at radius 3 is 2.21 bits per heavy atom. The van der Waals surface area contributed by atoms with Gasteiger partial charge in [0.15, 0.2) is 5.96 Å². The summed E-state index contributed by atoms with van der Waals surface area (Å²) < 4.78 is 5.62. The molecule has 1 aromatic rings. The van der Waals surface area contributed by atoms with E-state index in [1.807, 2.05) is 65.8 Å². The molecule has 0 saturated carbocycles. The Balaban J connectivity index is 0.00000784. The zero-order chi connectivity index (χ0) is 21.2. The van der Waals surface area contributed by atoms with Gasteiger partial charge >= 0.3 is 0 Å². The zero-order valence-corrected chi connectivity index (χ0v) is 20.7. The van der Waals surface area contributed by atoms with Gasteiger partial charge in [-0.25, -0.2) is 0 Å². The van der Waals surface area contributed by atoms with Crippen molar-refractivity contribution in [1.29, 1.82) is 0 Å². The fourth-order valence-electron chi connectivity index (χ4n) is 2.44. The van der Waals surface area contributed by atoms with E-state index in [1.54, 1.807) is 0 Å². The zero-order valence-electron chi connectivity index (χ0n) is 18.4. The minimum Gasteiger partial charge on any atom is -0.491 e. The number of amides is 1. The van der Waals surface area contributed by atoms with E-state index in [0.29, 0.717) is 32.1 Å². The van der Waals surface area contributed by atoms with Crippen molar-refractivity contribution in [2.45, 2.75) is 53.8 Å². The summed E-state index contributed by atoms with van der Waals surface area (Å²) in [6, 6.07) is 7.41. The first-order valence-electron chi connectivity index (χ1n) is 9.94. The fraction of sp³-hybridized carbons (Fsp3) is 0.619. The van der Waals surface area contributed by atoms with E-state index in [-0.39, 0.29) is 36.0 Å². The maximum atomic E-state index is 12.1. The number of nitrogens with zero attached hydrogens (tertiary/aromatic N) is 1. The highest BCUT2D eigenvalue weighted by Crippen LogP contribution is 2.18. The lowest BCUT2D eigenvalue weighted by Gasteiger charge is -2.22. The molecule has 166 valence electrons. The van der Waals surface area contributed by atoms with Crippen molar-refractivity contribution in [2.24, 2.45) is 10.4 Å². The summed E-state index contributed by atoms with van der Waals surface area (Å²) in [5.74, 6) is 1.32. The van der Waals surface area contributed by atoms with Gasteiger partial charge < -0.3 is 25.8 Å². The molecular weight excluding hydrogens is 483 g/mol. The molecule has 1 amide bonds. The van der Waals surface area contributed by atoms with Gasteiger partial charge in [-0.15, -0.1) is 24.0 Å². The van der Waals surface area contributed by atoms with Crippen LogP contribution in [-0.2, 0) is 4.79 Å². The number of guanidine groups is 1. The van der Waals surface area contributed by atoms with Gasteiger partial charge in [0.1, 0.15) is 5.75 Å². The molecule has 1 aromatic carbocycles. The number of hydrogen-bond donors (Lipinski definition) is 4. The van der Waals surface area contributed by atoms with E-state index in [1.165, 1.54) is 0 Å². The van der Waals surface area contributed by atoms with Crippen molar-refractivity contribution in [3.8, 4) is 5.75 Å². The molecule has 1 unspecified atom stereocenters. The highest BCUT2D eigenvalue weighted by atomic mass is 127. The Bertz CT molecular complexity index is 633. The Morgan fingerprint density at radius 1 is 1.10 bits per heavy atom. The Labute approximate surface area is 192 Å². The van der Waals surface area contributed by atoms with Crippen molar-refractivity contribution in [3.63, 3.8) is 0 Å². The lowest BCUT2D eigenvalue weighted by Crippen LogP contribution is -2.42. The molecule has 0 heterocycles. The number of nitrogens with one attached hydrogen (secondary N) is 3. The molecule has 29 heavy (non-hydrogen) atoms. The second-order valence-corrected chi connectivity index (χ2v) is 7.57. The molecule has 0 aliphatic rings. The van der Waals surface area contributed by atoms with Crippen LogP contribution in [-0.4, -0.2) is 49.3 Å². The van der Waals surface area contributed by atoms with Crippen molar-refractivity contribution in [2.75, 3.05) is 26.2 Å². The Hall–Kier alpha value is -1.55. The Morgan fingerprint density at radius 2 is 1.69 bits per heavy atom. The van der Waals surface area contributed by atoms with Crippen LogP contribution in [0.25, 0.3) is 0 Å². The second kappa shape index (κ2) is 13.6. The van der Waals surface area contributed by atoms with Crippen LogP contribution in [0.15, 0.2) is 29.3 Å². The van der Waals surface area contributed by atoms with Crippen molar-refractivity contribution in [1.82, 2.24) is 16.0 Å². The molecule has 1 atom stereocenters. The first kappa shape index (κ1) is 27.5. The van der Waals surface area contributed by atoms with E-state index in [9.17, 15) is 9.90 Å². The number of benzene rings is 1. The number of carbonyl (C=O) groups excluding carboxylic acids is 1. The van der Waals surface area contributed by atoms with E-state index in [0.717, 1.165) is 11.3 Å². The minimum atomic E-state index is -0.687. The summed E-state index contributed by atoms with van der Waals surface area (Å²) >= 11 is 0. The number of hydrogen-bond acceptors (Lipinski definition) is 4. The lowest BCUT2D eigenvalue weighted by atomic mass is 9.92. The highest BCUT2D eigenvalue weighted by molar-refractivity contribution is 14.0. The third-order valence-electron chi connectivity index (χ3n) is 4.03. The topological polar surface area (TPSA) is 95.0 Å². The molecule has 8 heteroatoms. The molecule has 1 rings (SSSR count). The normalized spacial score (nSPS) is 12.8. The number of aliphatic imine (C=N–C) groups is 1. The molecule has 0 fully saturated rings. The van der Waals surface area contributed by atoms with Gasteiger partial charge in [-0.1, -0.05) is 12.1 Å². The number of aliphatic hydroxyl groups excluding tert-OH is 1. The van der Waals surface area contributed by atoms with Crippen LogP contribution in [0, 0.1) is 5.41 Å². The van der Waals surface area contributed by atoms with Crippen LogP contribution in [0.3, 0.4) is 0 Å². The van der Waals surface area contributed by atoms with Crippen LogP contribution >= 0.6 is 24.0 Å². The quantitative estimate of drug-likeness (QED) is 0.216. The lowest BCUT2D eigenvalue weighted by molar-refractivity contribution is -0.128. The summed E-state index contributed by atoms with van der Waals surface area (Å²) in [6.07, 6.45) is -0.576. The van der Waals surface area contributed by atoms with Gasteiger partial charge in [0.05, 0.1) is 24.2 Å². The minimum absolute atomic E-state index is 0. The van der Waals surface area contributed by atoms with Gasteiger partial charge in [-0.05, 0) is 59.2 Å². The summed E-state index contributed by atoms with van der Waals surface area (Å²) in [7, 11) is 0. The third-order valence-corrected chi connectivity index (χ3v) is 4.03. The largest absolute Gasteiger partial charge is 0.491 e. The molecule has 7 nitrogen and oxygen atoms in total. The molecule has 0 bridgehead atoms. The van der Waals surface area contributed by atoms with Crippen LogP contribution in [0.2, 0.25) is 0 Å². The number of ether oxygens (including phenoxy) is 1. The smallest absolute Gasteiger partial charge is 0.227 e. The van der Waals surface area contributed by atoms with E-state index in [2.05, 4.69) is 20.9 Å². The maximum Gasteiger partial charge on any atom is 0.227 e. The number of carbonyl (C=O) groups is 1. The highest BCUT2D eigenvalue weighted by Gasteiger charge is 2.26. The monoisotopic (exact) mass is 520 g/mol. The van der Waals surface area contributed by atoms with Crippen molar-refractivity contribution in [3.05, 3.63) is 29.8 Å². The van der Waals surface area contributed by atoms with Crippen molar-refractivity contribution >= 4 is 35.8 Å². The molecule has 0 aromatic heterocycles. The van der Waals surface area contributed by atoms with Crippen LogP contribution in [0.4, 0.5) is 0 Å². The Kier molecular flexibility index (Phi) is 12.9. The second-order valence-electron chi connectivity index (χ2n) is 7.57. The summed E-state index contributed by atoms with van der Waals surface area (Å²) in [5.41, 5.74) is 0.186. The van der Waals surface area contributed by atoms with Crippen LogP contribution in [0.5, 0.6) is 5.75 Å². The molecule has 0 aliphatic heterocycles. The van der Waals surface area contributed by atoms with Gasteiger partial charge in [-0.3, -0.25) is 9.79 Å². The number of aliphatic hydroxyl groups is 1. The van der Waals surface area contributed by atoms with E-state index in [4.69, 9.17) is 4.74 Å². The molecule has 4 N–H and O–H groups in total. The molecule has 0 aliphatic carbocycles. The summed E-state index contributed by atoms with van der Waals surface area (Å²) in [4.78, 5) is 16.6. The van der Waals surface area contributed by atoms with Crippen molar-refractivity contribution < 1.29 is 14.6 Å². The predicted octanol–water partition coefficient (Wildman–Crippen LogP) is 2.84. The first-order chi connectivity index (χ1) is 13.2. The maximum absolute atomic E-state index is 12.1. The molecule has 0 spiro atoms. The number of rotatable bonds is 10. The van der Waals surface area contributed by atoms with Gasteiger partial charge in [0.25, 0.3) is 0 Å². The number of halogens is 1. The standard InChI is InChI=1S/C21H36N4O3.HI/c1-7-22-19(27)21(5,6)14-25-20(23-8-2)24-13-18(26)16-9-11-17(12-10-16)28-15(3)4;/h9-12,15,18,26H,7-8,13-14H2,1-6H3,(H,22,27)(H2,23,24,25);1H. The van der Waals surface area contributed by atoms with E-state index < -0.39 is 11.5 Å². The summed E-state index contributed by atoms with van der Waals surface area (Å²) in [5, 5.41) is 19.6. The average Bonchev–Trinajstić information content (AvgIpc) is 2.64. The molecular formula is C21H37IN4O3. The van der Waals surface area contributed by atoms with Gasteiger partial charge in [-0.2, -0.15) is 0 Å². The summed E-state index contributed by atoms with van der Waals surface area (Å²) in [6.45, 7) is 13.5. The van der Waals surface area contributed by atoms with E-state index >= 15 is 0 Å². The van der Waals surface area contributed by atoms with Crippen LogP contribution < -0.4 is 20.7 Å². The fourth-order valence-corrected chi connectivity index (χ4v) is 2.44. The molecule has 0 radical (unpaired) electrons.